The van der Waals surface area contributed by atoms with E-state index < -0.39 is 0 Å². The van der Waals surface area contributed by atoms with Crippen LogP contribution < -0.4 is 5.32 Å². The molecule has 4 nitrogen and oxygen atoms in total. The van der Waals surface area contributed by atoms with Crippen molar-refractivity contribution in [3.8, 4) is 0 Å². The molecule has 0 aromatic carbocycles. The van der Waals surface area contributed by atoms with Crippen LogP contribution in [-0.4, -0.2) is 54.6 Å². The largest absolute Gasteiger partial charge is 0.326 e. The summed E-state index contributed by atoms with van der Waals surface area (Å²) in [6.45, 7) is 9.77. The number of piperidine rings is 1. The van der Waals surface area contributed by atoms with Gasteiger partial charge in [-0.1, -0.05) is 20.8 Å². The molecule has 2 saturated heterocycles. The Kier molecular flexibility index (Phi) is 5.44. The van der Waals surface area contributed by atoms with Crippen molar-refractivity contribution in [1.29, 1.82) is 0 Å². The van der Waals surface area contributed by atoms with Gasteiger partial charge in [-0.15, -0.1) is 0 Å². The van der Waals surface area contributed by atoms with Crippen LogP contribution in [0.2, 0.25) is 0 Å². The van der Waals surface area contributed by atoms with Crippen LogP contribution in [0.25, 0.3) is 0 Å². The number of carbonyl (C=O) groups is 1. The highest BCUT2D eigenvalue weighted by Crippen LogP contribution is 2.23. The van der Waals surface area contributed by atoms with Crippen molar-refractivity contribution >= 4 is 5.91 Å². The van der Waals surface area contributed by atoms with Crippen molar-refractivity contribution in [1.82, 2.24) is 15.1 Å². The van der Waals surface area contributed by atoms with Crippen LogP contribution >= 0.6 is 0 Å². The van der Waals surface area contributed by atoms with Gasteiger partial charge in [0.1, 0.15) is 0 Å². The first-order valence-corrected chi connectivity index (χ1v) is 8.28. The minimum atomic E-state index is 0.0254. The molecule has 116 valence electrons. The summed E-state index contributed by atoms with van der Waals surface area (Å²) in [4.78, 5) is 17.0. The fourth-order valence-electron chi connectivity index (χ4n) is 3.46. The molecule has 0 radical (unpaired) electrons. The fourth-order valence-corrected chi connectivity index (χ4v) is 3.46. The number of rotatable bonds is 5. The standard InChI is InChI=1S/C16H31N3O/c1-5-14-17-15(12(2)3)16(20)19(14)11-8-13-6-9-18(4)10-7-13/h12-15,17H,5-11H2,1-4H3. The molecular weight excluding hydrogens is 250 g/mol. The van der Waals surface area contributed by atoms with Crippen LogP contribution in [0, 0.1) is 11.8 Å². The van der Waals surface area contributed by atoms with Gasteiger partial charge in [-0.3, -0.25) is 10.1 Å². The van der Waals surface area contributed by atoms with Crippen molar-refractivity contribution < 1.29 is 4.79 Å². The highest BCUT2D eigenvalue weighted by Gasteiger charge is 2.39. The monoisotopic (exact) mass is 281 g/mol. The molecule has 0 aromatic heterocycles. The van der Waals surface area contributed by atoms with Crippen molar-refractivity contribution in [2.45, 2.75) is 58.7 Å². The average molecular weight is 281 g/mol. The molecule has 20 heavy (non-hydrogen) atoms. The minimum Gasteiger partial charge on any atom is -0.326 e. The van der Waals surface area contributed by atoms with Crippen molar-refractivity contribution in [2.24, 2.45) is 11.8 Å². The molecule has 2 fully saturated rings. The molecule has 2 aliphatic heterocycles. The van der Waals surface area contributed by atoms with Gasteiger partial charge in [-0.25, -0.2) is 0 Å². The van der Waals surface area contributed by atoms with E-state index in [0.29, 0.717) is 11.8 Å². The predicted molar refractivity (Wildman–Crippen MR) is 82.4 cm³/mol. The zero-order valence-electron chi connectivity index (χ0n) is 13.6. The van der Waals surface area contributed by atoms with Gasteiger partial charge >= 0.3 is 0 Å². The molecule has 2 rings (SSSR count). The fraction of sp³-hybridized carbons (Fsp3) is 0.938. The summed E-state index contributed by atoms with van der Waals surface area (Å²) in [6.07, 6.45) is 5.00. The van der Waals surface area contributed by atoms with Crippen molar-refractivity contribution in [2.75, 3.05) is 26.7 Å². The topological polar surface area (TPSA) is 35.6 Å². The molecule has 0 bridgehead atoms. The summed E-state index contributed by atoms with van der Waals surface area (Å²) in [5.41, 5.74) is 0. The van der Waals surface area contributed by atoms with Gasteiger partial charge in [0.05, 0.1) is 12.2 Å². The van der Waals surface area contributed by atoms with Gasteiger partial charge in [0.25, 0.3) is 0 Å². The smallest absolute Gasteiger partial charge is 0.241 e. The van der Waals surface area contributed by atoms with Crippen molar-refractivity contribution in [3.05, 3.63) is 0 Å². The first-order chi connectivity index (χ1) is 9.52. The van der Waals surface area contributed by atoms with Gasteiger partial charge in [0.2, 0.25) is 5.91 Å². The number of nitrogens with one attached hydrogen (secondary N) is 1. The lowest BCUT2D eigenvalue weighted by atomic mass is 9.93. The van der Waals surface area contributed by atoms with Crippen LogP contribution in [0.5, 0.6) is 0 Å². The highest BCUT2D eigenvalue weighted by atomic mass is 16.2. The SMILES string of the molecule is CCC1NC(C(C)C)C(=O)N1CCC1CCN(C)CC1. The summed E-state index contributed by atoms with van der Waals surface area (Å²) in [6, 6.07) is 0.0254. The molecule has 4 heteroatoms. The van der Waals surface area contributed by atoms with E-state index in [1.807, 2.05) is 0 Å². The lowest BCUT2D eigenvalue weighted by molar-refractivity contribution is -0.131. The molecule has 0 saturated carbocycles. The van der Waals surface area contributed by atoms with E-state index in [1.165, 1.54) is 32.4 Å². The van der Waals surface area contributed by atoms with E-state index in [1.54, 1.807) is 0 Å². The molecular formula is C16H31N3O. The van der Waals surface area contributed by atoms with Gasteiger partial charge in [0, 0.05) is 6.54 Å². The first-order valence-electron chi connectivity index (χ1n) is 8.28. The molecule has 1 amide bonds. The van der Waals surface area contributed by atoms with E-state index in [2.05, 4.69) is 42.9 Å². The predicted octanol–water partition coefficient (Wildman–Crippen LogP) is 1.91. The Bertz CT molecular complexity index is 324. The first kappa shape index (κ1) is 15.8. The number of carbonyl (C=O) groups excluding carboxylic acids is 1. The lowest BCUT2D eigenvalue weighted by Crippen LogP contribution is -2.39. The highest BCUT2D eigenvalue weighted by molar-refractivity contribution is 5.84. The minimum absolute atomic E-state index is 0.0254. The molecule has 0 aliphatic carbocycles. The third-order valence-corrected chi connectivity index (χ3v) is 4.97. The summed E-state index contributed by atoms with van der Waals surface area (Å²) in [5, 5.41) is 3.50. The van der Waals surface area contributed by atoms with E-state index in [0.717, 1.165) is 18.9 Å². The molecule has 2 unspecified atom stereocenters. The molecule has 2 heterocycles. The second-order valence-electron chi connectivity index (χ2n) is 6.88. The average Bonchev–Trinajstić information content (AvgIpc) is 2.75. The number of nitrogens with zero attached hydrogens (tertiary/aromatic N) is 2. The Morgan fingerprint density at radius 2 is 1.95 bits per heavy atom. The summed E-state index contributed by atoms with van der Waals surface area (Å²) < 4.78 is 0. The molecule has 2 aliphatic rings. The van der Waals surface area contributed by atoms with Crippen LogP contribution in [-0.2, 0) is 4.79 Å². The normalized spacial score (nSPS) is 29.6. The Morgan fingerprint density at radius 1 is 1.30 bits per heavy atom. The third kappa shape index (κ3) is 3.53. The number of likely N-dealkylation sites (tertiary alicyclic amines) is 1. The van der Waals surface area contributed by atoms with Gasteiger partial charge in [0.15, 0.2) is 0 Å². The Hall–Kier alpha value is -0.610. The van der Waals surface area contributed by atoms with E-state index >= 15 is 0 Å². The maximum absolute atomic E-state index is 12.5. The van der Waals surface area contributed by atoms with Crippen LogP contribution in [0.1, 0.15) is 46.5 Å². The van der Waals surface area contributed by atoms with E-state index in [9.17, 15) is 4.79 Å². The van der Waals surface area contributed by atoms with Crippen molar-refractivity contribution in [3.63, 3.8) is 0 Å². The van der Waals surface area contributed by atoms with Crippen LogP contribution in [0.3, 0.4) is 0 Å². The molecule has 0 aromatic rings. The maximum atomic E-state index is 12.5. The van der Waals surface area contributed by atoms with Crippen LogP contribution in [0.4, 0.5) is 0 Å². The van der Waals surface area contributed by atoms with Gasteiger partial charge in [-0.05, 0) is 57.7 Å². The van der Waals surface area contributed by atoms with E-state index in [4.69, 9.17) is 0 Å². The molecule has 2 atom stereocenters. The quantitative estimate of drug-likeness (QED) is 0.836. The van der Waals surface area contributed by atoms with Gasteiger partial charge < -0.3 is 9.80 Å². The zero-order valence-corrected chi connectivity index (χ0v) is 13.6. The maximum Gasteiger partial charge on any atom is 0.241 e. The summed E-state index contributed by atoms with van der Waals surface area (Å²) in [7, 11) is 2.20. The Labute approximate surface area is 123 Å². The summed E-state index contributed by atoms with van der Waals surface area (Å²) >= 11 is 0. The molecule has 1 N–H and O–H groups in total. The Morgan fingerprint density at radius 3 is 2.50 bits per heavy atom. The molecule has 0 spiro atoms. The Balaban J connectivity index is 1.86. The number of hydrogen-bond donors (Lipinski definition) is 1. The number of amides is 1. The van der Waals surface area contributed by atoms with Crippen LogP contribution in [0.15, 0.2) is 0 Å². The van der Waals surface area contributed by atoms with E-state index in [-0.39, 0.29) is 12.2 Å². The third-order valence-electron chi connectivity index (χ3n) is 4.97. The zero-order chi connectivity index (χ0) is 14.7. The second kappa shape index (κ2) is 6.90. The number of hydrogen-bond acceptors (Lipinski definition) is 3. The van der Waals surface area contributed by atoms with Gasteiger partial charge in [-0.2, -0.15) is 0 Å². The second-order valence-corrected chi connectivity index (χ2v) is 6.88. The lowest BCUT2D eigenvalue weighted by Gasteiger charge is -2.31. The summed E-state index contributed by atoms with van der Waals surface area (Å²) in [5.74, 6) is 1.50.